The number of esters is 1. The number of fused-ring (bicyclic) bond motifs is 1. The highest BCUT2D eigenvalue weighted by molar-refractivity contribution is 6.20. The molecule has 1 amide bonds. The molecule has 0 aliphatic carbocycles. The number of methoxy groups -OCH3 is 1. The first-order chi connectivity index (χ1) is 12.5. The van der Waals surface area contributed by atoms with E-state index in [1.165, 1.54) is 18.1 Å². The summed E-state index contributed by atoms with van der Waals surface area (Å²) in [5.74, 6) is -1.07. The van der Waals surface area contributed by atoms with E-state index in [-0.39, 0.29) is 18.7 Å². The Hall–Kier alpha value is -3.02. The molecule has 0 spiro atoms. The molecule has 0 fully saturated rings. The number of anilines is 1. The minimum absolute atomic E-state index is 0.0607. The van der Waals surface area contributed by atoms with Crippen LogP contribution in [0.1, 0.15) is 24.0 Å². The Balaban J connectivity index is 2.12. The lowest BCUT2D eigenvalue weighted by Gasteiger charge is -2.20. The van der Waals surface area contributed by atoms with Gasteiger partial charge in [-0.2, -0.15) is 0 Å². The second-order valence-electron chi connectivity index (χ2n) is 6.00. The molecule has 0 saturated heterocycles. The molecule has 6 heteroatoms. The van der Waals surface area contributed by atoms with Crippen molar-refractivity contribution in [2.45, 2.75) is 18.9 Å². The number of nitrogens with zero attached hydrogens (tertiary/aromatic N) is 2. The van der Waals surface area contributed by atoms with Gasteiger partial charge >= 0.3 is 5.97 Å². The lowest BCUT2D eigenvalue weighted by atomic mass is 10.00. The minimum Gasteiger partial charge on any atom is -0.469 e. The van der Waals surface area contributed by atoms with Gasteiger partial charge in [-0.15, -0.1) is 0 Å². The zero-order valence-electron chi connectivity index (χ0n) is 14.6. The fourth-order valence-corrected chi connectivity index (χ4v) is 3.00. The first-order valence-corrected chi connectivity index (χ1v) is 8.29. The third kappa shape index (κ3) is 3.35. The van der Waals surface area contributed by atoms with Gasteiger partial charge in [0.15, 0.2) is 0 Å². The van der Waals surface area contributed by atoms with Crippen LogP contribution in [0.5, 0.6) is 0 Å². The normalized spacial score (nSPS) is 16.6. The summed E-state index contributed by atoms with van der Waals surface area (Å²) in [6.45, 7) is 0. The van der Waals surface area contributed by atoms with Crippen LogP contribution < -0.4 is 4.90 Å². The number of ether oxygens (including phenoxy) is 1. The number of aliphatic imine (C=N–C) groups is 1. The van der Waals surface area contributed by atoms with Crippen molar-refractivity contribution in [2.24, 2.45) is 4.99 Å². The highest BCUT2D eigenvalue weighted by Crippen LogP contribution is 2.29. The molecular formula is C20H19FN2O3. The van der Waals surface area contributed by atoms with E-state index >= 15 is 0 Å². The van der Waals surface area contributed by atoms with Crippen molar-refractivity contribution in [3.05, 3.63) is 65.5 Å². The van der Waals surface area contributed by atoms with Crippen molar-refractivity contribution < 1.29 is 18.7 Å². The topological polar surface area (TPSA) is 59.0 Å². The second-order valence-corrected chi connectivity index (χ2v) is 6.00. The molecule has 134 valence electrons. The lowest BCUT2D eigenvalue weighted by Crippen LogP contribution is -2.35. The van der Waals surface area contributed by atoms with Crippen LogP contribution in [0.3, 0.4) is 0 Å². The number of carbonyl (C=O) groups excluding carboxylic acids is 2. The maximum absolute atomic E-state index is 14.4. The minimum atomic E-state index is -0.791. The molecule has 0 bridgehead atoms. The molecule has 0 saturated carbocycles. The number of halogens is 1. The molecule has 0 aromatic heterocycles. The summed E-state index contributed by atoms with van der Waals surface area (Å²) in [6.07, 6.45) is 0.257. The summed E-state index contributed by atoms with van der Waals surface area (Å²) >= 11 is 0. The van der Waals surface area contributed by atoms with Crippen LogP contribution in [-0.2, 0) is 14.3 Å². The van der Waals surface area contributed by atoms with Crippen LogP contribution in [0.25, 0.3) is 0 Å². The Morgan fingerprint density at radius 3 is 2.50 bits per heavy atom. The van der Waals surface area contributed by atoms with E-state index in [0.29, 0.717) is 22.5 Å². The van der Waals surface area contributed by atoms with Crippen LogP contribution in [0, 0.1) is 5.82 Å². The molecule has 1 heterocycles. The molecule has 0 N–H and O–H groups in total. The lowest BCUT2D eigenvalue weighted by molar-refractivity contribution is -0.140. The third-order valence-electron chi connectivity index (χ3n) is 4.40. The maximum Gasteiger partial charge on any atom is 0.305 e. The van der Waals surface area contributed by atoms with Gasteiger partial charge in [-0.25, -0.2) is 4.39 Å². The van der Waals surface area contributed by atoms with E-state index in [4.69, 9.17) is 0 Å². The van der Waals surface area contributed by atoms with Crippen molar-refractivity contribution in [2.75, 3.05) is 19.1 Å². The van der Waals surface area contributed by atoms with E-state index in [0.717, 1.165) is 0 Å². The molecule has 26 heavy (non-hydrogen) atoms. The molecule has 2 aromatic rings. The molecule has 0 radical (unpaired) electrons. The number of amides is 1. The smallest absolute Gasteiger partial charge is 0.305 e. The van der Waals surface area contributed by atoms with Crippen molar-refractivity contribution >= 4 is 23.3 Å². The van der Waals surface area contributed by atoms with Crippen molar-refractivity contribution in [3.63, 3.8) is 0 Å². The van der Waals surface area contributed by atoms with Crippen LogP contribution in [0.2, 0.25) is 0 Å². The van der Waals surface area contributed by atoms with Crippen LogP contribution in [0.15, 0.2) is 53.5 Å². The van der Waals surface area contributed by atoms with Gasteiger partial charge in [0, 0.05) is 24.6 Å². The second kappa shape index (κ2) is 7.47. The van der Waals surface area contributed by atoms with Crippen LogP contribution in [-0.4, -0.2) is 37.8 Å². The predicted octanol–water partition coefficient (Wildman–Crippen LogP) is 2.96. The maximum atomic E-state index is 14.4. The molecule has 2 aromatic carbocycles. The highest BCUT2D eigenvalue weighted by Gasteiger charge is 2.30. The van der Waals surface area contributed by atoms with E-state index in [2.05, 4.69) is 9.73 Å². The van der Waals surface area contributed by atoms with E-state index in [9.17, 15) is 14.0 Å². The Bertz CT molecular complexity index is 879. The number of benzene rings is 2. The number of rotatable bonds is 4. The number of para-hydroxylation sites is 1. The number of benzodiazepines with no additional fused rings is 1. The number of likely N-dealkylation sites (N-methyl/N-ethyl adjacent to an activating group) is 1. The van der Waals surface area contributed by atoms with Gasteiger partial charge in [0.1, 0.15) is 11.9 Å². The SMILES string of the molecule is COC(=O)CC[C@@H]1N=C(c2ccccc2F)c2ccccc2N(C)C1=O. The first kappa shape index (κ1) is 17.8. The largest absolute Gasteiger partial charge is 0.469 e. The molecular weight excluding hydrogens is 335 g/mol. The summed E-state index contributed by atoms with van der Waals surface area (Å²) in [4.78, 5) is 30.4. The third-order valence-corrected chi connectivity index (χ3v) is 4.40. The Morgan fingerprint density at radius 1 is 1.15 bits per heavy atom. The molecule has 1 aliphatic rings. The van der Waals surface area contributed by atoms with Crippen molar-refractivity contribution in [3.8, 4) is 0 Å². The van der Waals surface area contributed by atoms with Crippen molar-refractivity contribution in [1.82, 2.24) is 0 Å². The van der Waals surface area contributed by atoms with Crippen LogP contribution in [0.4, 0.5) is 10.1 Å². The summed E-state index contributed by atoms with van der Waals surface area (Å²) in [6, 6.07) is 12.8. The standard InChI is InChI=1S/C20H19FN2O3/c1-23-17-10-6-4-8-14(17)19(13-7-3-5-9-15(13)21)22-16(20(23)25)11-12-18(24)26-2/h3-10,16H,11-12H2,1-2H3/t16-/m0/s1. The summed E-state index contributed by atoms with van der Waals surface area (Å²) < 4.78 is 19.1. The zero-order chi connectivity index (χ0) is 18.7. The average Bonchev–Trinajstić information content (AvgIpc) is 2.77. The Labute approximate surface area is 151 Å². The number of hydrogen-bond donors (Lipinski definition) is 0. The molecule has 1 atom stereocenters. The predicted molar refractivity (Wildman–Crippen MR) is 96.9 cm³/mol. The summed E-state index contributed by atoms with van der Waals surface area (Å²) in [5, 5.41) is 0. The molecule has 1 aliphatic heterocycles. The zero-order valence-corrected chi connectivity index (χ0v) is 14.6. The molecule has 0 unspecified atom stereocenters. The highest BCUT2D eigenvalue weighted by atomic mass is 19.1. The summed E-state index contributed by atoms with van der Waals surface area (Å²) in [5.41, 5.74) is 2.06. The van der Waals surface area contributed by atoms with Gasteiger partial charge < -0.3 is 9.64 Å². The fraction of sp³-hybridized carbons (Fsp3) is 0.250. The van der Waals surface area contributed by atoms with E-state index in [1.807, 2.05) is 18.2 Å². The van der Waals surface area contributed by atoms with Gasteiger partial charge in [-0.1, -0.05) is 30.3 Å². The quantitative estimate of drug-likeness (QED) is 0.793. The number of carbonyl (C=O) groups is 2. The van der Waals surface area contributed by atoms with E-state index in [1.54, 1.807) is 31.3 Å². The average molecular weight is 354 g/mol. The molecule has 5 nitrogen and oxygen atoms in total. The van der Waals surface area contributed by atoms with Crippen LogP contribution >= 0.6 is 0 Å². The first-order valence-electron chi connectivity index (χ1n) is 8.29. The van der Waals surface area contributed by atoms with E-state index < -0.39 is 17.8 Å². The van der Waals surface area contributed by atoms with Crippen molar-refractivity contribution in [1.29, 1.82) is 0 Å². The van der Waals surface area contributed by atoms with Gasteiger partial charge in [0.05, 0.1) is 18.5 Å². The van der Waals surface area contributed by atoms with Gasteiger partial charge in [0.25, 0.3) is 5.91 Å². The molecule has 3 rings (SSSR count). The van der Waals surface area contributed by atoms with Gasteiger partial charge in [-0.05, 0) is 24.6 Å². The Morgan fingerprint density at radius 2 is 1.81 bits per heavy atom. The Kier molecular flexibility index (Phi) is 5.11. The fourth-order valence-electron chi connectivity index (χ4n) is 3.00. The van der Waals surface area contributed by atoms with Gasteiger partial charge in [0.2, 0.25) is 0 Å². The summed E-state index contributed by atoms with van der Waals surface area (Å²) in [7, 11) is 2.96. The number of hydrogen-bond acceptors (Lipinski definition) is 4. The monoisotopic (exact) mass is 354 g/mol. The van der Waals surface area contributed by atoms with Gasteiger partial charge in [-0.3, -0.25) is 14.6 Å².